The molecule has 0 bridgehead atoms. The highest BCUT2D eigenvalue weighted by molar-refractivity contribution is 14.1. The summed E-state index contributed by atoms with van der Waals surface area (Å²) in [5, 5.41) is 0. The van der Waals surface area contributed by atoms with Crippen LogP contribution in [0.5, 0.6) is 0 Å². The fourth-order valence-corrected chi connectivity index (χ4v) is 2.80. The third-order valence-electron chi connectivity index (χ3n) is 2.69. The van der Waals surface area contributed by atoms with Crippen LogP contribution in [0.1, 0.15) is 33.1 Å². The molecule has 0 heterocycles. The Hall–Kier alpha value is 0.1000. The van der Waals surface area contributed by atoms with Crippen LogP contribution in [-0.4, -0.2) is 27.4 Å². The number of hydrogen-bond donors (Lipinski definition) is 0. The molecule has 0 aromatic rings. The van der Waals surface area contributed by atoms with Crippen molar-refractivity contribution >= 4 is 22.6 Å². The van der Waals surface area contributed by atoms with Crippen LogP contribution < -0.4 is 0 Å². The van der Waals surface area contributed by atoms with Gasteiger partial charge in [-0.2, -0.15) is 35.1 Å². The van der Waals surface area contributed by atoms with Gasteiger partial charge in [0.15, 0.2) is 0 Å². The van der Waals surface area contributed by atoms with E-state index in [2.05, 4.69) is 0 Å². The summed E-state index contributed by atoms with van der Waals surface area (Å²) in [6, 6.07) is 0. The number of halogens is 10. The summed E-state index contributed by atoms with van der Waals surface area (Å²) in [5.74, 6) is -6.52. The molecule has 0 aromatic heterocycles. The van der Waals surface area contributed by atoms with E-state index in [0.29, 0.717) is 0 Å². The average Bonchev–Trinajstić information content (AvgIpc) is 2.12. The molecule has 2 atom stereocenters. The third-order valence-corrected chi connectivity index (χ3v) is 3.61. The summed E-state index contributed by atoms with van der Waals surface area (Å²) >= 11 is 1.27. The molecular weight excluding hydrogens is 418 g/mol. The van der Waals surface area contributed by atoms with Gasteiger partial charge in [0, 0.05) is 9.84 Å². The average molecular weight is 430 g/mol. The van der Waals surface area contributed by atoms with E-state index >= 15 is 0 Å². The lowest BCUT2D eigenvalue weighted by Crippen LogP contribution is -2.63. The SMILES string of the molecule is CCCC(C)(I)CC(F)(C(F)(F)F)C(F)(F)C(F)(F)F. The lowest BCUT2D eigenvalue weighted by Gasteiger charge is -2.39. The zero-order chi connectivity index (χ0) is 16.6. The molecule has 0 aliphatic rings. The quantitative estimate of drug-likeness (QED) is 0.292. The van der Waals surface area contributed by atoms with Gasteiger partial charge < -0.3 is 0 Å². The van der Waals surface area contributed by atoms with Gasteiger partial charge in [-0.25, -0.2) is 4.39 Å². The van der Waals surface area contributed by atoms with Crippen LogP contribution in [-0.2, 0) is 0 Å². The van der Waals surface area contributed by atoms with Gasteiger partial charge in [0.25, 0.3) is 5.67 Å². The molecule has 0 aromatic carbocycles. The fraction of sp³-hybridized carbons (Fsp3) is 1.00. The van der Waals surface area contributed by atoms with Crippen molar-refractivity contribution in [3.63, 3.8) is 0 Å². The van der Waals surface area contributed by atoms with Crippen molar-refractivity contribution in [2.45, 2.75) is 60.5 Å². The molecule has 0 N–H and O–H groups in total. The molecule has 0 spiro atoms. The lowest BCUT2D eigenvalue weighted by atomic mass is 9.84. The van der Waals surface area contributed by atoms with Gasteiger partial charge in [-0.15, -0.1) is 0 Å². The largest absolute Gasteiger partial charge is 0.457 e. The molecular formula is C10H12F9I. The van der Waals surface area contributed by atoms with Crippen LogP contribution in [0.15, 0.2) is 0 Å². The monoisotopic (exact) mass is 430 g/mol. The van der Waals surface area contributed by atoms with Crippen molar-refractivity contribution in [3.05, 3.63) is 0 Å². The molecule has 0 aliphatic carbocycles. The van der Waals surface area contributed by atoms with Gasteiger partial charge in [0.1, 0.15) is 0 Å². The van der Waals surface area contributed by atoms with Crippen LogP contribution in [0.3, 0.4) is 0 Å². The van der Waals surface area contributed by atoms with Gasteiger partial charge in [-0.05, 0) is 6.42 Å². The second-order valence-corrected chi connectivity index (χ2v) is 7.32. The summed E-state index contributed by atoms with van der Waals surface area (Å²) < 4.78 is 112. The van der Waals surface area contributed by atoms with Crippen LogP contribution in [0.2, 0.25) is 0 Å². The Morgan fingerprint density at radius 1 is 0.800 bits per heavy atom. The van der Waals surface area contributed by atoms with E-state index in [4.69, 9.17) is 0 Å². The van der Waals surface area contributed by atoms with E-state index in [9.17, 15) is 39.5 Å². The third kappa shape index (κ3) is 3.85. The zero-order valence-electron chi connectivity index (χ0n) is 10.4. The minimum Gasteiger partial charge on any atom is -0.227 e. The molecule has 122 valence electrons. The molecule has 2 unspecified atom stereocenters. The normalized spacial score (nSPS) is 20.4. The lowest BCUT2D eigenvalue weighted by molar-refractivity contribution is -0.385. The van der Waals surface area contributed by atoms with Crippen LogP contribution in [0.25, 0.3) is 0 Å². The summed E-state index contributed by atoms with van der Waals surface area (Å²) in [5.41, 5.74) is -5.66. The Bertz CT molecular complexity index is 331. The Labute approximate surface area is 123 Å². The molecule has 0 saturated heterocycles. The molecule has 0 fully saturated rings. The molecule has 0 radical (unpaired) electrons. The van der Waals surface area contributed by atoms with Crippen LogP contribution >= 0.6 is 22.6 Å². The van der Waals surface area contributed by atoms with Gasteiger partial charge in [-0.3, -0.25) is 0 Å². The second kappa shape index (κ2) is 5.71. The highest BCUT2D eigenvalue weighted by Crippen LogP contribution is 2.57. The Morgan fingerprint density at radius 2 is 1.20 bits per heavy atom. The Morgan fingerprint density at radius 3 is 1.45 bits per heavy atom. The molecule has 0 aliphatic heterocycles. The predicted octanol–water partition coefficient (Wildman–Crippen LogP) is 5.84. The van der Waals surface area contributed by atoms with E-state index < -0.39 is 33.8 Å². The number of hydrogen-bond acceptors (Lipinski definition) is 0. The molecule has 0 rings (SSSR count). The minimum atomic E-state index is -6.63. The van der Waals surface area contributed by atoms with Crippen molar-refractivity contribution in [2.75, 3.05) is 0 Å². The van der Waals surface area contributed by atoms with Crippen LogP contribution in [0.4, 0.5) is 39.5 Å². The fourth-order valence-electron chi connectivity index (χ4n) is 1.73. The number of alkyl halides is 10. The Kier molecular flexibility index (Phi) is 5.74. The molecule has 0 nitrogen and oxygen atoms in total. The maximum Gasteiger partial charge on any atom is 0.457 e. The minimum absolute atomic E-state index is 0.136. The van der Waals surface area contributed by atoms with Gasteiger partial charge >= 0.3 is 18.3 Å². The van der Waals surface area contributed by atoms with Gasteiger partial charge in [0.2, 0.25) is 0 Å². The van der Waals surface area contributed by atoms with Crippen molar-refractivity contribution < 1.29 is 39.5 Å². The van der Waals surface area contributed by atoms with Crippen LogP contribution in [0, 0.1) is 0 Å². The van der Waals surface area contributed by atoms with Crippen molar-refractivity contribution in [2.24, 2.45) is 0 Å². The van der Waals surface area contributed by atoms with Gasteiger partial charge in [0.05, 0.1) is 0 Å². The summed E-state index contributed by atoms with van der Waals surface area (Å²) in [6.07, 6.45) is -14.9. The first kappa shape index (κ1) is 20.1. The van der Waals surface area contributed by atoms with E-state index in [1.165, 1.54) is 29.5 Å². The first-order valence-electron chi connectivity index (χ1n) is 5.41. The molecule has 0 amide bonds. The van der Waals surface area contributed by atoms with E-state index in [1.807, 2.05) is 0 Å². The molecule has 20 heavy (non-hydrogen) atoms. The van der Waals surface area contributed by atoms with E-state index in [1.54, 1.807) is 0 Å². The standard InChI is InChI=1S/C10H12F9I/c1-3-4-6(2,20)5-7(11,9(14,15)16)8(12,13)10(17,18)19/h3-5H2,1-2H3. The van der Waals surface area contributed by atoms with Crippen molar-refractivity contribution in [3.8, 4) is 0 Å². The van der Waals surface area contributed by atoms with Crippen molar-refractivity contribution in [1.29, 1.82) is 0 Å². The summed E-state index contributed by atoms with van der Waals surface area (Å²) in [7, 11) is 0. The van der Waals surface area contributed by atoms with E-state index in [0.717, 1.165) is 6.92 Å². The Balaban J connectivity index is 5.80. The maximum atomic E-state index is 13.8. The highest BCUT2D eigenvalue weighted by Gasteiger charge is 2.81. The first-order chi connectivity index (χ1) is 8.52. The number of rotatable bonds is 5. The first-order valence-corrected chi connectivity index (χ1v) is 6.49. The smallest absolute Gasteiger partial charge is 0.227 e. The maximum absolute atomic E-state index is 13.8. The zero-order valence-corrected chi connectivity index (χ0v) is 12.6. The molecule has 0 saturated carbocycles. The van der Waals surface area contributed by atoms with Gasteiger partial charge in [-0.1, -0.05) is 42.9 Å². The van der Waals surface area contributed by atoms with E-state index in [-0.39, 0.29) is 12.8 Å². The highest BCUT2D eigenvalue weighted by atomic mass is 127. The topological polar surface area (TPSA) is 0 Å². The van der Waals surface area contributed by atoms with Crippen molar-refractivity contribution in [1.82, 2.24) is 0 Å². The predicted molar refractivity (Wildman–Crippen MR) is 62.8 cm³/mol. The molecule has 10 heteroatoms. The summed E-state index contributed by atoms with van der Waals surface area (Å²) in [4.78, 5) is 0. The second-order valence-electron chi connectivity index (χ2n) is 4.71. The summed E-state index contributed by atoms with van der Waals surface area (Å²) in [6.45, 7) is 2.50.